The second-order valence-corrected chi connectivity index (χ2v) is 4.85. The molecule has 18 heavy (non-hydrogen) atoms. The lowest BCUT2D eigenvalue weighted by Crippen LogP contribution is -2.11. The van der Waals surface area contributed by atoms with Crippen molar-refractivity contribution in [2.24, 2.45) is 0 Å². The largest absolute Gasteiger partial charge is 0.481 e. The highest BCUT2D eigenvalue weighted by molar-refractivity contribution is 7.99. The SMILES string of the molecule is CC(SCc1ccccc1)C(=O)O.CCC(=O)O. The number of carbonyl (C=O) groups is 2. The van der Waals surface area contributed by atoms with Crippen LogP contribution >= 0.6 is 11.8 Å². The van der Waals surface area contributed by atoms with Gasteiger partial charge in [-0.1, -0.05) is 37.3 Å². The van der Waals surface area contributed by atoms with Crippen LogP contribution in [0.5, 0.6) is 0 Å². The maximum absolute atomic E-state index is 10.5. The Morgan fingerprint density at radius 1 is 1.22 bits per heavy atom. The molecule has 0 aromatic heterocycles. The predicted molar refractivity (Wildman–Crippen MR) is 72.8 cm³/mol. The summed E-state index contributed by atoms with van der Waals surface area (Å²) in [4.78, 5) is 19.9. The van der Waals surface area contributed by atoms with Crippen molar-refractivity contribution in [1.29, 1.82) is 0 Å². The first kappa shape index (κ1) is 16.5. The van der Waals surface area contributed by atoms with E-state index >= 15 is 0 Å². The number of carboxylic acid groups (broad SMARTS) is 2. The van der Waals surface area contributed by atoms with Crippen LogP contribution in [0.3, 0.4) is 0 Å². The summed E-state index contributed by atoms with van der Waals surface area (Å²) in [5.41, 5.74) is 1.17. The quantitative estimate of drug-likeness (QED) is 0.860. The normalized spacial score (nSPS) is 11.0. The zero-order valence-electron chi connectivity index (χ0n) is 10.5. The van der Waals surface area contributed by atoms with Gasteiger partial charge >= 0.3 is 11.9 Å². The molecule has 0 aliphatic heterocycles. The summed E-state index contributed by atoms with van der Waals surface area (Å²) in [7, 11) is 0. The van der Waals surface area contributed by atoms with Crippen LogP contribution in [-0.4, -0.2) is 27.4 Å². The Morgan fingerprint density at radius 3 is 2.11 bits per heavy atom. The van der Waals surface area contributed by atoms with E-state index in [1.807, 2.05) is 30.3 Å². The molecule has 5 heteroatoms. The second kappa shape index (κ2) is 9.53. The molecule has 0 heterocycles. The van der Waals surface area contributed by atoms with Crippen LogP contribution in [0, 0.1) is 0 Å². The van der Waals surface area contributed by atoms with Crippen LogP contribution < -0.4 is 0 Å². The van der Waals surface area contributed by atoms with Crippen LogP contribution in [0.25, 0.3) is 0 Å². The molecule has 1 rings (SSSR count). The van der Waals surface area contributed by atoms with E-state index in [4.69, 9.17) is 10.2 Å². The molecule has 1 aromatic rings. The summed E-state index contributed by atoms with van der Waals surface area (Å²) < 4.78 is 0. The molecule has 0 bridgehead atoms. The van der Waals surface area contributed by atoms with Crippen LogP contribution in [0.2, 0.25) is 0 Å². The van der Waals surface area contributed by atoms with Gasteiger partial charge in [0.25, 0.3) is 0 Å². The maximum Gasteiger partial charge on any atom is 0.316 e. The molecular formula is C13H18O4S. The molecule has 2 N–H and O–H groups in total. The molecule has 4 nitrogen and oxygen atoms in total. The molecule has 1 aromatic carbocycles. The molecule has 100 valence electrons. The molecular weight excluding hydrogens is 252 g/mol. The smallest absolute Gasteiger partial charge is 0.316 e. The van der Waals surface area contributed by atoms with Gasteiger partial charge in [-0.15, -0.1) is 11.8 Å². The summed E-state index contributed by atoms with van der Waals surface area (Å²) in [6.45, 7) is 3.30. The Morgan fingerprint density at radius 2 is 1.72 bits per heavy atom. The van der Waals surface area contributed by atoms with E-state index in [-0.39, 0.29) is 11.7 Å². The lowest BCUT2D eigenvalue weighted by Gasteiger charge is -2.05. The van der Waals surface area contributed by atoms with Gasteiger partial charge in [-0.2, -0.15) is 0 Å². The molecule has 0 spiro atoms. The molecule has 0 aliphatic carbocycles. The summed E-state index contributed by atoms with van der Waals surface area (Å²) in [6, 6.07) is 9.88. The summed E-state index contributed by atoms with van der Waals surface area (Å²) in [6.07, 6.45) is 0.222. The third-order valence-electron chi connectivity index (χ3n) is 1.99. The fourth-order valence-electron chi connectivity index (χ4n) is 0.867. The molecule has 0 fully saturated rings. The molecule has 0 aliphatic rings. The minimum Gasteiger partial charge on any atom is -0.481 e. The molecule has 0 amide bonds. The summed E-state index contributed by atoms with van der Waals surface area (Å²) in [5.74, 6) is -0.736. The monoisotopic (exact) mass is 270 g/mol. The zero-order valence-corrected chi connectivity index (χ0v) is 11.3. The van der Waals surface area contributed by atoms with Crippen LogP contribution in [-0.2, 0) is 15.3 Å². The van der Waals surface area contributed by atoms with E-state index < -0.39 is 11.9 Å². The number of thioether (sulfide) groups is 1. The van der Waals surface area contributed by atoms with Crippen molar-refractivity contribution in [1.82, 2.24) is 0 Å². The van der Waals surface area contributed by atoms with Crippen molar-refractivity contribution in [2.75, 3.05) is 0 Å². The number of benzene rings is 1. The highest BCUT2D eigenvalue weighted by atomic mass is 32.2. The average molecular weight is 270 g/mol. The van der Waals surface area contributed by atoms with Gasteiger partial charge in [0.15, 0.2) is 0 Å². The van der Waals surface area contributed by atoms with Gasteiger partial charge in [0, 0.05) is 12.2 Å². The van der Waals surface area contributed by atoms with Gasteiger partial charge in [-0.05, 0) is 12.5 Å². The van der Waals surface area contributed by atoms with E-state index in [0.717, 1.165) is 5.75 Å². The number of rotatable bonds is 5. The maximum atomic E-state index is 10.5. The Bertz CT molecular complexity index is 365. The average Bonchev–Trinajstić information content (AvgIpc) is 2.37. The second-order valence-electron chi connectivity index (χ2n) is 3.52. The van der Waals surface area contributed by atoms with Crippen molar-refractivity contribution >= 4 is 23.7 Å². The first-order chi connectivity index (χ1) is 8.47. The molecule has 0 saturated carbocycles. The molecule has 0 saturated heterocycles. The fourth-order valence-corrected chi connectivity index (χ4v) is 1.64. The Kier molecular flexibility index (Phi) is 8.74. The van der Waals surface area contributed by atoms with Crippen molar-refractivity contribution in [3.8, 4) is 0 Å². The van der Waals surface area contributed by atoms with Crippen LogP contribution in [0.4, 0.5) is 0 Å². The van der Waals surface area contributed by atoms with Gasteiger partial charge in [0.05, 0.1) is 5.25 Å². The Balaban J connectivity index is 0.000000494. The lowest BCUT2D eigenvalue weighted by atomic mass is 10.2. The predicted octanol–water partition coefficient (Wildman–Crippen LogP) is 2.87. The third kappa shape index (κ3) is 8.64. The van der Waals surface area contributed by atoms with Gasteiger partial charge in [0.2, 0.25) is 0 Å². The van der Waals surface area contributed by atoms with Gasteiger partial charge < -0.3 is 10.2 Å². The lowest BCUT2D eigenvalue weighted by molar-refractivity contribution is -0.137. The molecule has 1 atom stereocenters. The first-order valence-corrected chi connectivity index (χ1v) is 6.62. The van der Waals surface area contributed by atoms with Crippen LogP contribution in [0.1, 0.15) is 25.8 Å². The fraction of sp³-hybridized carbons (Fsp3) is 0.385. The van der Waals surface area contributed by atoms with E-state index in [0.29, 0.717) is 0 Å². The van der Waals surface area contributed by atoms with E-state index in [2.05, 4.69) is 0 Å². The van der Waals surface area contributed by atoms with Gasteiger partial charge in [0.1, 0.15) is 0 Å². The van der Waals surface area contributed by atoms with Gasteiger partial charge in [-0.3, -0.25) is 9.59 Å². The van der Waals surface area contributed by atoms with Crippen molar-refractivity contribution in [3.63, 3.8) is 0 Å². The highest BCUT2D eigenvalue weighted by Gasteiger charge is 2.10. The van der Waals surface area contributed by atoms with E-state index in [1.165, 1.54) is 17.3 Å². The molecule has 1 unspecified atom stereocenters. The highest BCUT2D eigenvalue weighted by Crippen LogP contribution is 2.17. The number of carboxylic acids is 2. The van der Waals surface area contributed by atoms with Crippen molar-refractivity contribution in [2.45, 2.75) is 31.3 Å². The summed E-state index contributed by atoms with van der Waals surface area (Å²) >= 11 is 1.44. The summed E-state index contributed by atoms with van der Waals surface area (Å²) in [5, 5.41) is 16.0. The topological polar surface area (TPSA) is 74.6 Å². The molecule has 0 radical (unpaired) electrons. The standard InChI is InChI=1S/C10H12O2S.C3H6O2/c1-8(10(11)12)13-7-9-5-3-2-4-6-9;1-2-3(4)5/h2-6,8H,7H2,1H3,(H,11,12);2H2,1H3,(H,4,5). The van der Waals surface area contributed by atoms with Crippen molar-refractivity contribution in [3.05, 3.63) is 35.9 Å². The first-order valence-electron chi connectivity index (χ1n) is 5.57. The number of aliphatic carboxylic acids is 2. The van der Waals surface area contributed by atoms with Crippen LogP contribution in [0.15, 0.2) is 30.3 Å². The third-order valence-corrected chi connectivity index (χ3v) is 3.19. The number of hydrogen-bond acceptors (Lipinski definition) is 3. The van der Waals surface area contributed by atoms with Crippen molar-refractivity contribution < 1.29 is 19.8 Å². The zero-order chi connectivity index (χ0) is 14.0. The van der Waals surface area contributed by atoms with Gasteiger partial charge in [-0.25, -0.2) is 0 Å². The van der Waals surface area contributed by atoms with E-state index in [9.17, 15) is 9.59 Å². The minimum atomic E-state index is -0.749. The Labute approximate surface area is 111 Å². The minimum absolute atomic E-state index is 0.222. The number of hydrogen-bond donors (Lipinski definition) is 2. The van der Waals surface area contributed by atoms with E-state index in [1.54, 1.807) is 13.8 Å². The Hall–Kier alpha value is -1.49.